The highest BCUT2D eigenvalue weighted by atomic mass is 16.5. The summed E-state index contributed by atoms with van der Waals surface area (Å²) in [5.74, 6) is 1.48. The summed E-state index contributed by atoms with van der Waals surface area (Å²) < 4.78 is 6.95. The first kappa shape index (κ1) is 13.1. The lowest BCUT2D eigenvalue weighted by Gasteiger charge is -2.09. The van der Waals surface area contributed by atoms with Gasteiger partial charge in [0.15, 0.2) is 5.82 Å². The van der Waals surface area contributed by atoms with Gasteiger partial charge in [0.1, 0.15) is 5.75 Å². The molecule has 0 radical (unpaired) electrons. The number of ether oxygens (including phenoxy) is 1. The van der Waals surface area contributed by atoms with E-state index >= 15 is 0 Å². The molecule has 2 N–H and O–H groups in total. The number of nitrogen functional groups attached to an aromatic ring is 1. The lowest BCUT2D eigenvalue weighted by molar-refractivity contribution is 0.411. The molecule has 6 heteroatoms. The van der Waals surface area contributed by atoms with E-state index in [2.05, 4.69) is 15.5 Å². The van der Waals surface area contributed by atoms with E-state index in [1.807, 2.05) is 49.4 Å². The molecule has 6 nitrogen and oxygen atoms in total. The van der Waals surface area contributed by atoms with Crippen LogP contribution in [0.2, 0.25) is 0 Å². The summed E-state index contributed by atoms with van der Waals surface area (Å²) in [6.07, 6.45) is 0. The van der Waals surface area contributed by atoms with E-state index in [1.165, 1.54) is 0 Å². The van der Waals surface area contributed by atoms with E-state index in [9.17, 15) is 0 Å². The summed E-state index contributed by atoms with van der Waals surface area (Å²) in [6.45, 7) is 1.98. The van der Waals surface area contributed by atoms with Crippen molar-refractivity contribution >= 4 is 5.69 Å². The molecule has 0 amide bonds. The Morgan fingerprint density at radius 3 is 2.71 bits per heavy atom. The van der Waals surface area contributed by atoms with Crippen molar-refractivity contribution in [3.05, 3.63) is 48.0 Å². The molecule has 3 aromatic rings. The summed E-state index contributed by atoms with van der Waals surface area (Å²) in [6, 6.07) is 13.3. The van der Waals surface area contributed by atoms with Gasteiger partial charge in [-0.2, -0.15) is 4.68 Å². The largest absolute Gasteiger partial charge is 0.496 e. The highest BCUT2D eigenvalue weighted by Gasteiger charge is 2.12. The summed E-state index contributed by atoms with van der Waals surface area (Å²) in [5, 5.41) is 11.9. The Morgan fingerprint density at radius 2 is 2.00 bits per heavy atom. The first-order chi connectivity index (χ1) is 10.2. The van der Waals surface area contributed by atoms with Gasteiger partial charge in [-0.05, 0) is 53.2 Å². The fourth-order valence-electron chi connectivity index (χ4n) is 2.21. The lowest BCUT2D eigenvalue weighted by Crippen LogP contribution is -2.01. The Labute approximate surface area is 122 Å². The second kappa shape index (κ2) is 5.24. The van der Waals surface area contributed by atoms with Crippen LogP contribution in [0.1, 0.15) is 5.56 Å². The summed E-state index contributed by atoms with van der Waals surface area (Å²) in [5.41, 5.74) is 9.25. The molecule has 1 aromatic heterocycles. The third-order valence-electron chi connectivity index (χ3n) is 3.24. The number of aryl methyl sites for hydroxylation is 1. The number of aromatic nitrogens is 4. The van der Waals surface area contributed by atoms with Crippen molar-refractivity contribution in [2.24, 2.45) is 0 Å². The Morgan fingerprint density at radius 1 is 1.14 bits per heavy atom. The van der Waals surface area contributed by atoms with Gasteiger partial charge in [-0.1, -0.05) is 12.1 Å². The van der Waals surface area contributed by atoms with E-state index < -0.39 is 0 Å². The fraction of sp³-hybridized carbons (Fsp3) is 0.133. The Balaban J connectivity index is 2.09. The number of tetrazole rings is 1. The van der Waals surface area contributed by atoms with Crippen molar-refractivity contribution in [3.63, 3.8) is 0 Å². The summed E-state index contributed by atoms with van der Waals surface area (Å²) in [4.78, 5) is 0. The SMILES string of the molecule is COc1ccc(-n2nnnc2-c2cccc(N)c2)cc1C. The van der Waals surface area contributed by atoms with E-state index in [0.717, 1.165) is 22.6 Å². The minimum atomic E-state index is 0.645. The molecule has 3 rings (SSSR count). The average Bonchev–Trinajstić information content (AvgIpc) is 2.96. The standard InChI is InChI=1S/C15H15N5O/c1-10-8-13(6-7-14(10)21-2)20-15(17-18-19-20)11-4-3-5-12(16)9-11/h3-9H,16H2,1-2H3. The van der Waals surface area contributed by atoms with E-state index in [4.69, 9.17) is 10.5 Å². The smallest absolute Gasteiger partial charge is 0.187 e. The zero-order valence-electron chi connectivity index (χ0n) is 11.8. The quantitative estimate of drug-likeness (QED) is 0.745. The molecule has 0 saturated heterocycles. The predicted octanol–water partition coefficient (Wildman–Crippen LogP) is 2.23. The molecular formula is C15H15N5O. The molecule has 0 fully saturated rings. The van der Waals surface area contributed by atoms with E-state index in [0.29, 0.717) is 11.5 Å². The van der Waals surface area contributed by atoms with Crippen LogP contribution >= 0.6 is 0 Å². The number of hydrogen-bond donors (Lipinski definition) is 1. The van der Waals surface area contributed by atoms with Crippen LogP contribution in [-0.2, 0) is 0 Å². The lowest BCUT2D eigenvalue weighted by atomic mass is 10.1. The molecular weight excluding hydrogens is 266 g/mol. The first-order valence-corrected chi connectivity index (χ1v) is 6.48. The fourth-order valence-corrected chi connectivity index (χ4v) is 2.21. The zero-order valence-corrected chi connectivity index (χ0v) is 11.8. The van der Waals surface area contributed by atoms with Gasteiger partial charge in [0.25, 0.3) is 0 Å². The van der Waals surface area contributed by atoms with Crippen LogP contribution in [-0.4, -0.2) is 27.3 Å². The zero-order chi connectivity index (χ0) is 14.8. The molecule has 0 aliphatic heterocycles. The topological polar surface area (TPSA) is 78.8 Å². The van der Waals surface area contributed by atoms with Gasteiger partial charge in [-0.3, -0.25) is 0 Å². The molecule has 0 saturated carbocycles. The van der Waals surface area contributed by atoms with Gasteiger partial charge >= 0.3 is 0 Å². The van der Waals surface area contributed by atoms with E-state index in [1.54, 1.807) is 11.8 Å². The number of anilines is 1. The number of rotatable bonds is 3. The van der Waals surface area contributed by atoms with Crippen LogP contribution in [0.3, 0.4) is 0 Å². The average molecular weight is 281 g/mol. The molecule has 0 bridgehead atoms. The van der Waals surface area contributed by atoms with Crippen LogP contribution in [0.15, 0.2) is 42.5 Å². The third kappa shape index (κ3) is 2.43. The third-order valence-corrected chi connectivity index (χ3v) is 3.24. The van der Waals surface area contributed by atoms with Gasteiger partial charge in [-0.25, -0.2) is 0 Å². The van der Waals surface area contributed by atoms with Crippen LogP contribution in [0.25, 0.3) is 17.1 Å². The predicted molar refractivity (Wildman–Crippen MR) is 80.3 cm³/mol. The van der Waals surface area contributed by atoms with Gasteiger partial charge in [0, 0.05) is 11.3 Å². The van der Waals surface area contributed by atoms with Gasteiger partial charge in [-0.15, -0.1) is 5.10 Å². The van der Waals surface area contributed by atoms with Crippen LogP contribution in [0.4, 0.5) is 5.69 Å². The summed E-state index contributed by atoms with van der Waals surface area (Å²) >= 11 is 0. The minimum absolute atomic E-state index is 0.645. The molecule has 106 valence electrons. The second-order valence-electron chi connectivity index (χ2n) is 4.69. The molecule has 0 spiro atoms. The van der Waals surface area contributed by atoms with Gasteiger partial charge in [0.2, 0.25) is 0 Å². The highest BCUT2D eigenvalue weighted by molar-refractivity contribution is 5.62. The maximum Gasteiger partial charge on any atom is 0.187 e. The van der Waals surface area contributed by atoms with Crippen molar-refractivity contribution in [2.75, 3.05) is 12.8 Å². The molecule has 0 atom stereocenters. The molecule has 1 heterocycles. The number of hydrogen-bond acceptors (Lipinski definition) is 5. The Kier molecular flexibility index (Phi) is 3.27. The molecule has 0 aliphatic carbocycles. The molecule has 2 aromatic carbocycles. The molecule has 0 aliphatic rings. The number of benzene rings is 2. The first-order valence-electron chi connectivity index (χ1n) is 6.48. The van der Waals surface area contributed by atoms with Crippen molar-refractivity contribution in [1.29, 1.82) is 0 Å². The van der Waals surface area contributed by atoms with Crippen molar-refractivity contribution in [1.82, 2.24) is 20.2 Å². The van der Waals surface area contributed by atoms with Gasteiger partial charge in [0.05, 0.1) is 12.8 Å². The Hall–Kier alpha value is -2.89. The molecule has 0 unspecified atom stereocenters. The molecule has 21 heavy (non-hydrogen) atoms. The van der Waals surface area contributed by atoms with Crippen LogP contribution < -0.4 is 10.5 Å². The summed E-state index contributed by atoms with van der Waals surface area (Å²) in [7, 11) is 1.65. The number of nitrogens with two attached hydrogens (primary N) is 1. The Bertz CT molecular complexity index is 781. The number of nitrogens with zero attached hydrogens (tertiary/aromatic N) is 4. The second-order valence-corrected chi connectivity index (χ2v) is 4.69. The van der Waals surface area contributed by atoms with Crippen LogP contribution in [0.5, 0.6) is 5.75 Å². The van der Waals surface area contributed by atoms with Crippen molar-refractivity contribution in [3.8, 4) is 22.8 Å². The normalized spacial score (nSPS) is 10.6. The number of methoxy groups -OCH3 is 1. The maximum absolute atomic E-state index is 5.82. The van der Waals surface area contributed by atoms with E-state index in [-0.39, 0.29) is 0 Å². The highest BCUT2D eigenvalue weighted by Crippen LogP contribution is 2.24. The van der Waals surface area contributed by atoms with Crippen molar-refractivity contribution < 1.29 is 4.74 Å². The monoisotopic (exact) mass is 281 g/mol. The van der Waals surface area contributed by atoms with Gasteiger partial charge < -0.3 is 10.5 Å². The maximum atomic E-state index is 5.82. The minimum Gasteiger partial charge on any atom is -0.496 e. The van der Waals surface area contributed by atoms with Crippen molar-refractivity contribution in [2.45, 2.75) is 6.92 Å². The van der Waals surface area contributed by atoms with Crippen LogP contribution in [0, 0.1) is 6.92 Å².